The Morgan fingerprint density at radius 1 is 1.10 bits per heavy atom. The molecule has 0 aliphatic rings. The first-order chi connectivity index (χ1) is 10.0. The summed E-state index contributed by atoms with van der Waals surface area (Å²) < 4.78 is 1.65. The van der Waals surface area contributed by atoms with Crippen LogP contribution in [-0.2, 0) is 7.05 Å². The minimum Gasteiger partial charge on any atom is -0.306 e. The smallest absolute Gasteiger partial charge is 0.251 e. The Balaban J connectivity index is 2.15. The zero-order valence-electron chi connectivity index (χ0n) is 11.0. The molecule has 0 amide bonds. The summed E-state index contributed by atoms with van der Waals surface area (Å²) in [4.78, 5) is 19.0. The van der Waals surface area contributed by atoms with Gasteiger partial charge in [0.25, 0.3) is 5.56 Å². The number of H-pyrrole nitrogens is 1. The maximum absolute atomic E-state index is 11.8. The number of nitrogens with zero attached hydrogens (tertiary/aromatic N) is 3. The minimum atomic E-state index is -0.255. The quantitative estimate of drug-likeness (QED) is 0.789. The Morgan fingerprint density at radius 2 is 1.81 bits per heavy atom. The number of aryl methyl sites for hydroxylation is 1. The fraction of sp³-hybridized carbons (Fsp3) is 0.0714. The number of aromatic amines is 1. The van der Waals surface area contributed by atoms with E-state index in [2.05, 4.69) is 15.1 Å². The van der Waals surface area contributed by atoms with Crippen molar-refractivity contribution in [1.29, 1.82) is 0 Å². The van der Waals surface area contributed by atoms with Gasteiger partial charge in [-0.05, 0) is 18.2 Å². The van der Waals surface area contributed by atoms with Crippen molar-refractivity contribution in [3.05, 3.63) is 57.1 Å². The molecule has 7 heteroatoms. The van der Waals surface area contributed by atoms with Crippen molar-refractivity contribution in [3.8, 4) is 22.6 Å². The van der Waals surface area contributed by atoms with E-state index in [4.69, 9.17) is 23.2 Å². The summed E-state index contributed by atoms with van der Waals surface area (Å²) in [7, 11) is 1.80. The fourth-order valence-electron chi connectivity index (χ4n) is 1.99. The topological polar surface area (TPSA) is 63.6 Å². The third-order valence-corrected chi connectivity index (χ3v) is 3.31. The van der Waals surface area contributed by atoms with E-state index in [-0.39, 0.29) is 5.56 Å². The molecule has 0 aliphatic carbocycles. The second-order valence-corrected chi connectivity index (χ2v) is 5.41. The molecule has 2 heterocycles. The molecule has 1 aromatic carbocycles. The van der Waals surface area contributed by atoms with Crippen LogP contribution >= 0.6 is 23.2 Å². The molecule has 0 saturated carbocycles. The van der Waals surface area contributed by atoms with Gasteiger partial charge in [0.15, 0.2) is 0 Å². The lowest BCUT2D eigenvalue weighted by Crippen LogP contribution is -2.08. The van der Waals surface area contributed by atoms with E-state index in [1.54, 1.807) is 42.3 Å². The molecule has 5 nitrogen and oxygen atoms in total. The molecule has 0 spiro atoms. The number of aromatic nitrogens is 4. The van der Waals surface area contributed by atoms with Crippen molar-refractivity contribution in [2.45, 2.75) is 0 Å². The highest BCUT2D eigenvalue weighted by atomic mass is 35.5. The lowest BCUT2D eigenvalue weighted by atomic mass is 10.2. The van der Waals surface area contributed by atoms with Crippen molar-refractivity contribution in [2.75, 3.05) is 0 Å². The van der Waals surface area contributed by atoms with Crippen LogP contribution in [0.3, 0.4) is 0 Å². The van der Waals surface area contributed by atoms with Gasteiger partial charge in [-0.15, -0.1) is 0 Å². The summed E-state index contributed by atoms with van der Waals surface area (Å²) in [6.45, 7) is 0. The Labute approximate surface area is 130 Å². The Bertz CT molecular complexity index is 849. The summed E-state index contributed by atoms with van der Waals surface area (Å²) in [5.41, 5.74) is 1.70. The van der Waals surface area contributed by atoms with Gasteiger partial charge < -0.3 is 4.98 Å². The van der Waals surface area contributed by atoms with Crippen LogP contribution in [0.1, 0.15) is 0 Å². The molecule has 0 radical (unpaired) electrons. The summed E-state index contributed by atoms with van der Waals surface area (Å²) in [5, 5.41) is 5.03. The number of nitrogens with one attached hydrogen (secondary N) is 1. The molecule has 1 N–H and O–H groups in total. The predicted molar refractivity (Wildman–Crippen MR) is 82.5 cm³/mol. The first-order valence-electron chi connectivity index (χ1n) is 6.08. The van der Waals surface area contributed by atoms with Gasteiger partial charge in [0.2, 0.25) is 0 Å². The van der Waals surface area contributed by atoms with Crippen LogP contribution in [-0.4, -0.2) is 19.7 Å². The number of rotatable bonds is 2. The summed E-state index contributed by atoms with van der Waals surface area (Å²) in [6, 6.07) is 6.43. The van der Waals surface area contributed by atoms with Crippen LogP contribution in [0.5, 0.6) is 0 Å². The monoisotopic (exact) mass is 320 g/mol. The van der Waals surface area contributed by atoms with E-state index in [0.29, 0.717) is 27.1 Å². The zero-order valence-corrected chi connectivity index (χ0v) is 12.5. The van der Waals surface area contributed by atoms with E-state index >= 15 is 0 Å². The maximum atomic E-state index is 11.8. The highest BCUT2D eigenvalue weighted by Crippen LogP contribution is 2.25. The third kappa shape index (κ3) is 2.99. The summed E-state index contributed by atoms with van der Waals surface area (Å²) >= 11 is 12.0. The molecule has 2 aromatic heterocycles. The van der Waals surface area contributed by atoms with Gasteiger partial charge in [0, 0.05) is 40.5 Å². The second kappa shape index (κ2) is 5.35. The fourth-order valence-corrected chi connectivity index (χ4v) is 2.51. The Morgan fingerprint density at radius 3 is 2.43 bits per heavy atom. The van der Waals surface area contributed by atoms with Crippen LogP contribution in [0, 0.1) is 0 Å². The average Bonchev–Trinajstić information content (AvgIpc) is 2.83. The first kappa shape index (κ1) is 13.9. The van der Waals surface area contributed by atoms with Crippen LogP contribution in [0.15, 0.2) is 41.5 Å². The molecule has 3 rings (SSSR count). The van der Waals surface area contributed by atoms with Gasteiger partial charge in [-0.25, -0.2) is 4.98 Å². The van der Waals surface area contributed by atoms with Crippen LogP contribution < -0.4 is 5.56 Å². The van der Waals surface area contributed by atoms with Gasteiger partial charge in [0.1, 0.15) is 5.82 Å². The van der Waals surface area contributed by atoms with Crippen LogP contribution in [0.2, 0.25) is 10.0 Å². The molecule has 106 valence electrons. The van der Waals surface area contributed by atoms with Crippen LogP contribution in [0.4, 0.5) is 0 Å². The minimum absolute atomic E-state index is 0.255. The van der Waals surface area contributed by atoms with Gasteiger partial charge in [-0.2, -0.15) is 5.10 Å². The summed E-state index contributed by atoms with van der Waals surface area (Å²) in [6.07, 6.45) is 3.44. The van der Waals surface area contributed by atoms with Crippen molar-refractivity contribution < 1.29 is 0 Å². The van der Waals surface area contributed by atoms with Gasteiger partial charge in [-0.1, -0.05) is 23.2 Å². The van der Waals surface area contributed by atoms with E-state index in [1.165, 1.54) is 6.07 Å². The third-order valence-electron chi connectivity index (χ3n) is 2.88. The second-order valence-electron chi connectivity index (χ2n) is 4.54. The van der Waals surface area contributed by atoms with Crippen molar-refractivity contribution in [2.24, 2.45) is 7.05 Å². The van der Waals surface area contributed by atoms with Gasteiger partial charge in [0.05, 0.1) is 11.9 Å². The lowest BCUT2D eigenvalue weighted by Gasteiger charge is -2.04. The number of hydrogen-bond donors (Lipinski definition) is 1. The largest absolute Gasteiger partial charge is 0.306 e. The number of hydrogen-bond acceptors (Lipinski definition) is 3. The molecule has 0 atom stereocenters. The molecule has 0 fully saturated rings. The number of benzene rings is 1. The molecule has 0 aliphatic heterocycles. The van der Waals surface area contributed by atoms with E-state index < -0.39 is 0 Å². The average molecular weight is 321 g/mol. The molecular weight excluding hydrogens is 311 g/mol. The Kier molecular flexibility index (Phi) is 3.53. The van der Waals surface area contributed by atoms with E-state index in [0.717, 1.165) is 5.56 Å². The lowest BCUT2D eigenvalue weighted by molar-refractivity contribution is 0.768. The van der Waals surface area contributed by atoms with E-state index in [9.17, 15) is 4.79 Å². The van der Waals surface area contributed by atoms with Crippen molar-refractivity contribution >= 4 is 23.2 Å². The standard InChI is InChI=1S/C14H10Cl2N4O/c1-20-7-9(6-17-20)12-5-13(21)19-14(18-12)8-2-10(15)4-11(16)3-8/h2-7H,1H3,(H,18,19,21). The molecule has 0 bridgehead atoms. The highest BCUT2D eigenvalue weighted by Gasteiger charge is 2.09. The molecule has 0 unspecified atom stereocenters. The predicted octanol–water partition coefficient (Wildman–Crippen LogP) is 3.14. The maximum Gasteiger partial charge on any atom is 0.251 e. The van der Waals surface area contributed by atoms with Crippen molar-refractivity contribution in [3.63, 3.8) is 0 Å². The first-order valence-corrected chi connectivity index (χ1v) is 6.84. The zero-order chi connectivity index (χ0) is 15.0. The molecule has 3 aromatic rings. The summed E-state index contributed by atoms with van der Waals surface area (Å²) in [5.74, 6) is 0.408. The van der Waals surface area contributed by atoms with Crippen molar-refractivity contribution in [1.82, 2.24) is 19.7 Å². The highest BCUT2D eigenvalue weighted by molar-refractivity contribution is 6.35. The molecule has 0 saturated heterocycles. The van der Waals surface area contributed by atoms with Gasteiger partial charge in [-0.3, -0.25) is 9.48 Å². The Hall–Kier alpha value is -2.11. The normalized spacial score (nSPS) is 10.8. The van der Waals surface area contributed by atoms with E-state index in [1.807, 2.05) is 0 Å². The number of halogens is 2. The SMILES string of the molecule is Cn1cc(-c2cc(=O)[nH]c(-c3cc(Cl)cc(Cl)c3)n2)cn1. The molecular formula is C14H10Cl2N4O. The van der Waals surface area contributed by atoms with Gasteiger partial charge >= 0.3 is 0 Å². The van der Waals surface area contributed by atoms with Crippen LogP contribution in [0.25, 0.3) is 22.6 Å². The molecule has 21 heavy (non-hydrogen) atoms.